The van der Waals surface area contributed by atoms with Crippen LogP contribution in [0, 0.1) is 19.8 Å². The normalized spacial score (nSPS) is 15.3. The van der Waals surface area contributed by atoms with Crippen molar-refractivity contribution in [2.75, 3.05) is 33.6 Å². The van der Waals surface area contributed by atoms with Crippen molar-refractivity contribution in [1.82, 2.24) is 4.90 Å². The molecule has 1 saturated heterocycles. The van der Waals surface area contributed by atoms with E-state index in [0.29, 0.717) is 13.0 Å². The maximum Gasteiger partial charge on any atom is 0.258 e. The number of unbranched alkanes of at least 4 members (excludes halogenated alkanes) is 1. The van der Waals surface area contributed by atoms with Gasteiger partial charge in [-0.05, 0) is 92.8 Å². The van der Waals surface area contributed by atoms with Gasteiger partial charge in [-0.1, -0.05) is 91.7 Å². The molecule has 4 aromatic carbocycles. The minimum absolute atomic E-state index is 0.151. The fraction of sp³-hybridized carbons (Fsp3) is 0.366. The Morgan fingerprint density at radius 3 is 1.98 bits per heavy atom. The van der Waals surface area contributed by atoms with Gasteiger partial charge in [0.15, 0.2) is 0 Å². The van der Waals surface area contributed by atoms with Crippen LogP contribution in [0.1, 0.15) is 54.5 Å². The first kappa shape index (κ1) is 38.4. The monoisotopic (exact) mass is 669 g/mol. The topological polar surface area (TPSA) is 65.1 Å². The predicted molar refractivity (Wildman–Crippen MR) is 197 cm³/mol. The van der Waals surface area contributed by atoms with Crippen molar-refractivity contribution in [2.24, 2.45) is 5.92 Å². The van der Waals surface area contributed by atoms with Crippen LogP contribution < -0.4 is 9.47 Å². The predicted octanol–water partition coefficient (Wildman–Crippen LogP) is 8.74. The highest BCUT2D eigenvalue weighted by Gasteiger charge is 2.46. The second-order valence-electron chi connectivity index (χ2n) is 11.8. The number of aryl methyl sites for hydroxylation is 2. The van der Waals surface area contributed by atoms with Gasteiger partial charge in [-0.15, -0.1) is 11.8 Å². The van der Waals surface area contributed by atoms with Crippen molar-refractivity contribution < 1.29 is 23.8 Å². The van der Waals surface area contributed by atoms with E-state index in [1.54, 1.807) is 18.9 Å². The Kier molecular flexibility index (Phi) is 16.3. The third-order valence-corrected chi connectivity index (χ3v) is 8.75. The molecular formula is C41H51NO5S. The third kappa shape index (κ3) is 11.9. The molecule has 2 amide bonds. The maximum absolute atomic E-state index is 12.0. The maximum atomic E-state index is 12.0. The number of thioether (sulfide) groups is 1. The zero-order valence-corrected chi connectivity index (χ0v) is 30.3. The molecule has 2 atom stereocenters. The number of benzene rings is 4. The molecule has 0 radical (unpaired) electrons. The summed E-state index contributed by atoms with van der Waals surface area (Å²) in [5.74, 6) is 1.15. The first-order chi connectivity index (χ1) is 23.2. The lowest BCUT2D eigenvalue weighted by molar-refractivity contribution is -0.140. The number of imide groups is 1. The Morgan fingerprint density at radius 2 is 1.40 bits per heavy atom. The quantitative estimate of drug-likeness (QED) is 0.0854. The Balaban J connectivity index is 0.000000197. The summed E-state index contributed by atoms with van der Waals surface area (Å²) >= 11 is 1.74. The minimum Gasteiger partial charge on any atom is -0.497 e. The molecule has 1 fully saturated rings. The molecule has 2 unspecified atom stereocenters. The Hall–Kier alpha value is -4.07. The number of carbonyl (C=O) groups is 2. The summed E-state index contributed by atoms with van der Waals surface area (Å²) in [5.41, 5.74) is 6.29. The molecule has 7 heteroatoms. The zero-order valence-electron chi connectivity index (χ0n) is 29.5. The minimum atomic E-state index is -0.632. The van der Waals surface area contributed by atoms with E-state index in [0.717, 1.165) is 36.5 Å². The highest BCUT2D eigenvalue weighted by atomic mass is 32.2. The molecule has 1 aliphatic rings. The molecule has 6 nitrogen and oxygen atoms in total. The lowest BCUT2D eigenvalue weighted by Gasteiger charge is -2.14. The van der Waals surface area contributed by atoms with Crippen LogP contribution in [-0.2, 0) is 27.2 Å². The number of amides is 2. The van der Waals surface area contributed by atoms with E-state index in [9.17, 15) is 9.59 Å². The fourth-order valence-corrected chi connectivity index (χ4v) is 5.82. The Bertz CT molecular complexity index is 1540. The van der Waals surface area contributed by atoms with Crippen LogP contribution in [0.3, 0.4) is 0 Å². The molecule has 0 aliphatic carbocycles. The van der Waals surface area contributed by atoms with E-state index in [2.05, 4.69) is 81.6 Å². The van der Waals surface area contributed by atoms with E-state index in [1.807, 2.05) is 49.4 Å². The van der Waals surface area contributed by atoms with Gasteiger partial charge in [0, 0.05) is 18.6 Å². The second-order valence-corrected chi connectivity index (χ2v) is 12.6. The summed E-state index contributed by atoms with van der Waals surface area (Å²) < 4.78 is 16.3. The van der Waals surface area contributed by atoms with Crippen LogP contribution in [0.4, 0.5) is 0 Å². The van der Waals surface area contributed by atoms with E-state index < -0.39 is 12.0 Å². The molecule has 0 aromatic heterocycles. The number of methoxy groups -OCH3 is 1. The van der Waals surface area contributed by atoms with Crippen LogP contribution in [0.15, 0.2) is 102 Å². The van der Waals surface area contributed by atoms with Gasteiger partial charge in [0.2, 0.25) is 5.91 Å². The molecular weight excluding hydrogens is 619 g/mol. The van der Waals surface area contributed by atoms with Crippen molar-refractivity contribution in [3.8, 4) is 11.5 Å². The van der Waals surface area contributed by atoms with Crippen molar-refractivity contribution in [1.29, 1.82) is 0 Å². The van der Waals surface area contributed by atoms with Crippen LogP contribution >= 0.6 is 11.8 Å². The number of nitrogens with zero attached hydrogens (tertiary/aromatic N) is 1. The first-order valence-electron chi connectivity index (χ1n) is 16.6. The third-order valence-electron chi connectivity index (χ3n) is 7.99. The smallest absolute Gasteiger partial charge is 0.258 e. The summed E-state index contributed by atoms with van der Waals surface area (Å²) in [7, 11) is 3.21. The number of likely N-dealkylation sites (tertiary alicyclic amines) is 1. The Labute approximate surface area is 291 Å². The molecule has 4 aromatic rings. The summed E-state index contributed by atoms with van der Waals surface area (Å²) in [6, 6.07) is 32.9. The average Bonchev–Trinajstić information content (AvgIpc) is 3.30. The van der Waals surface area contributed by atoms with E-state index in [-0.39, 0.29) is 11.8 Å². The van der Waals surface area contributed by atoms with Gasteiger partial charge >= 0.3 is 0 Å². The highest BCUT2D eigenvalue weighted by Crippen LogP contribution is 2.29. The molecule has 0 N–H and O–H groups in total. The summed E-state index contributed by atoms with van der Waals surface area (Å²) in [5, 5.41) is 0. The van der Waals surface area contributed by atoms with Crippen LogP contribution in [-0.4, -0.2) is 56.4 Å². The standard InChI is InChI=1S/C15H16O.C14H17NO3.C12H18OS/c1-12-3-5-13(6-4-12)11-14-7-9-15(16-2)10-8-14;1-3-18-12-11(13(16)15(2)14(12)17)9-10-7-5-4-6-8-10;1-4-5-8-13-11-7-6-10(2)9-12(11)14-3/h3-10H,11H2,1-2H3;4-8,11-12H,3,9H2,1-2H3;6-7,9H,4-5,8H2,1-3H3. The van der Waals surface area contributed by atoms with Crippen LogP contribution in [0.5, 0.6) is 11.5 Å². The SMILES string of the molecule is CCCCOc1ccc(C)cc1SC.CCOC1C(=O)N(C)C(=O)C1Cc1ccccc1.COc1ccc(Cc2ccc(C)cc2)cc1. The van der Waals surface area contributed by atoms with Gasteiger partial charge in [-0.3, -0.25) is 14.5 Å². The van der Waals surface area contributed by atoms with Gasteiger partial charge < -0.3 is 14.2 Å². The van der Waals surface area contributed by atoms with E-state index in [4.69, 9.17) is 14.2 Å². The van der Waals surface area contributed by atoms with Gasteiger partial charge in [0.1, 0.15) is 17.6 Å². The molecule has 0 spiro atoms. The van der Waals surface area contributed by atoms with Gasteiger partial charge in [-0.2, -0.15) is 0 Å². The Morgan fingerprint density at radius 1 is 0.771 bits per heavy atom. The molecule has 0 bridgehead atoms. The number of rotatable bonds is 12. The zero-order chi connectivity index (χ0) is 34.9. The lowest BCUT2D eigenvalue weighted by atomic mass is 9.96. The molecule has 0 saturated carbocycles. The largest absolute Gasteiger partial charge is 0.497 e. The summed E-state index contributed by atoms with van der Waals surface area (Å²) in [4.78, 5) is 26.3. The summed E-state index contributed by atoms with van der Waals surface area (Å²) in [6.45, 7) is 9.48. The van der Waals surface area contributed by atoms with Crippen molar-refractivity contribution in [2.45, 2.75) is 64.4 Å². The number of hydrogen-bond donors (Lipinski definition) is 0. The lowest BCUT2D eigenvalue weighted by Crippen LogP contribution is -2.30. The summed E-state index contributed by atoms with van der Waals surface area (Å²) in [6.07, 6.45) is 5.28. The number of hydrogen-bond acceptors (Lipinski definition) is 6. The van der Waals surface area contributed by atoms with Crippen molar-refractivity contribution >= 4 is 23.6 Å². The molecule has 1 heterocycles. The van der Waals surface area contributed by atoms with Crippen LogP contribution in [0.25, 0.3) is 0 Å². The van der Waals surface area contributed by atoms with Gasteiger partial charge in [0.05, 0.1) is 19.6 Å². The molecule has 256 valence electrons. The molecule has 1 aliphatic heterocycles. The molecule has 5 rings (SSSR count). The number of ether oxygens (including phenoxy) is 3. The second kappa shape index (κ2) is 20.3. The van der Waals surface area contributed by atoms with Gasteiger partial charge in [0.25, 0.3) is 5.91 Å². The van der Waals surface area contributed by atoms with Gasteiger partial charge in [-0.25, -0.2) is 0 Å². The molecule has 48 heavy (non-hydrogen) atoms. The fourth-order valence-electron chi connectivity index (χ4n) is 5.18. The van der Waals surface area contributed by atoms with E-state index in [1.165, 1.54) is 45.5 Å². The number of carbonyl (C=O) groups excluding carboxylic acids is 2. The average molecular weight is 670 g/mol. The first-order valence-corrected chi connectivity index (χ1v) is 17.9. The van der Waals surface area contributed by atoms with Crippen molar-refractivity contribution in [3.05, 3.63) is 125 Å². The number of likely N-dealkylation sites (N-methyl/N-ethyl adjacent to an activating group) is 1. The van der Waals surface area contributed by atoms with E-state index >= 15 is 0 Å². The van der Waals surface area contributed by atoms with Crippen LogP contribution in [0.2, 0.25) is 0 Å². The van der Waals surface area contributed by atoms with Crippen molar-refractivity contribution in [3.63, 3.8) is 0 Å². The highest BCUT2D eigenvalue weighted by molar-refractivity contribution is 7.98.